The van der Waals surface area contributed by atoms with Crippen LogP contribution in [0.2, 0.25) is 0 Å². The summed E-state index contributed by atoms with van der Waals surface area (Å²) in [6.45, 7) is 0.478. The Hall–Kier alpha value is 0.205. The zero-order valence-electron chi connectivity index (χ0n) is 6.28. The van der Waals surface area contributed by atoms with Gasteiger partial charge in [-0.2, -0.15) is 12.6 Å². The van der Waals surface area contributed by atoms with E-state index in [1.54, 1.807) is 0 Å². The van der Waals surface area contributed by atoms with E-state index in [1.807, 2.05) is 0 Å². The average molecular weight is 182 g/mol. The minimum absolute atomic E-state index is 0.250. The Kier molecular flexibility index (Phi) is 3.81. The molecule has 0 bridgehead atoms. The van der Waals surface area contributed by atoms with Gasteiger partial charge in [-0.15, -0.1) is 0 Å². The van der Waals surface area contributed by atoms with Crippen LogP contribution >= 0.6 is 12.6 Å². The van der Waals surface area contributed by atoms with Gasteiger partial charge in [0.2, 0.25) is 0 Å². The zero-order valence-corrected chi connectivity index (χ0v) is 7.17. The maximum absolute atomic E-state index is 12.8. The molecule has 0 fully saturated rings. The summed E-state index contributed by atoms with van der Waals surface area (Å²) in [4.78, 5) is 0. The number of alkyl halides is 3. The first-order valence-corrected chi connectivity index (χ1v) is 3.91. The Balaban J connectivity index is 4.00. The molecule has 0 amide bonds. The second kappa shape index (κ2) is 3.74. The molecular weight excluding hydrogens is 172 g/mol. The summed E-state index contributed by atoms with van der Waals surface area (Å²) in [5.41, 5.74) is -2.89. The summed E-state index contributed by atoms with van der Waals surface area (Å²) >= 11 is 3.76. The molecule has 11 heavy (non-hydrogen) atoms. The van der Waals surface area contributed by atoms with Crippen LogP contribution in [-0.4, -0.2) is 25.1 Å². The van der Waals surface area contributed by atoms with Gasteiger partial charge in [-0.1, -0.05) is 0 Å². The van der Waals surface area contributed by atoms with Gasteiger partial charge in [-0.3, -0.25) is 0 Å². The largest absolute Gasteiger partial charge is 0.269 e. The first-order chi connectivity index (χ1) is 4.81. The molecule has 0 aromatic rings. The van der Waals surface area contributed by atoms with Gasteiger partial charge in [0.05, 0.1) is 0 Å². The average Bonchev–Trinajstić information content (AvgIpc) is 1.81. The summed E-state index contributed by atoms with van der Waals surface area (Å²) in [6, 6.07) is 0. The van der Waals surface area contributed by atoms with Crippen molar-refractivity contribution in [1.82, 2.24) is 0 Å². The molecule has 0 saturated heterocycles. The highest BCUT2D eigenvalue weighted by Gasteiger charge is 2.44. The van der Waals surface area contributed by atoms with Crippen molar-refractivity contribution in [2.75, 3.05) is 5.75 Å². The van der Waals surface area contributed by atoms with E-state index in [-0.39, 0.29) is 12.8 Å². The Morgan fingerprint density at radius 3 is 2.09 bits per heavy atom. The second-order valence-electron chi connectivity index (χ2n) is 2.58. The van der Waals surface area contributed by atoms with Gasteiger partial charge >= 0.3 is 0 Å². The van der Waals surface area contributed by atoms with Crippen LogP contribution in [-0.2, 0) is 0 Å². The van der Waals surface area contributed by atoms with Gasteiger partial charge in [0.15, 0.2) is 0 Å². The maximum Gasteiger partial charge on any atom is 0.269 e. The van der Waals surface area contributed by atoms with E-state index in [0.29, 0.717) is 12.7 Å². The van der Waals surface area contributed by atoms with Crippen molar-refractivity contribution in [1.29, 1.82) is 0 Å². The van der Waals surface area contributed by atoms with Crippen LogP contribution in [0, 0.1) is 0 Å². The summed E-state index contributed by atoms with van der Waals surface area (Å²) in [5, 5.41) is 0. The lowest BCUT2D eigenvalue weighted by Gasteiger charge is -2.27. The number of rotatable bonds is 4. The number of thiol groups is 1. The minimum Gasteiger partial charge on any atom is -0.249 e. The second-order valence-corrected chi connectivity index (χ2v) is 3.03. The van der Waals surface area contributed by atoms with Crippen LogP contribution in [0.1, 0.15) is 19.8 Å². The monoisotopic (exact) mass is 182 g/mol. The molecule has 1 unspecified atom stereocenters. The van der Waals surface area contributed by atoms with Crippen molar-refractivity contribution in [3.8, 4) is 0 Å². The van der Waals surface area contributed by atoms with Gasteiger partial charge < -0.3 is 0 Å². The highest BCUT2D eigenvalue weighted by molar-refractivity contribution is 7.80. The number of hydrogen-bond donors (Lipinski definition) is 1. The number of halogens is 3. The Morgan fingerprint density at radius 2 is 1.82 bits per heavy atom. The first kappa shape index (κ1) is 11.2. The van der Waals surface area contributed by atoms with Crippen LogP contribution in [0.15, 0.2) is 0 Å². The molecule has 0 rings (SSSR count). The van der Waals surface area contributed by atoms with Crippen molar-refractivity contribution in [2.45, 2.75) is 31.3 Å². The maximum atomic E-state index is 12.8. The highest BCUT2D eigenvalue weighted by atomic mass is 32.1. The van der Waals surface area contributed by atoms with Gasteiger partial charge in [-0.05, 0) is 18.6 Å². The fourth-order valence-corrected chi connectivity index (χ4v) is 0.714. The van der Waals surface area contributed by atoms with Crippen molar-refractivity contribution in [2.24, 2.45) is 0 Å². The minimum atomic E-state index is -3.48. The molecule has 0 heterocycles. The van der Waals surface area contributed by atoms with Crippen molar-refractivity contribution >= 4 is 20.5 Å². The molecular formula is C6H10BF3S. The molecule has 0 aliphatic carbocycles. The standard InChI is InChI=1S/C6H10BF3S/c1-5(8,9)6(7,10)3-2-4-11/h11H,2-4H2,1H3. The lowest BCUT2D eigenvalue weighted by molar-refractivity contribution is -0.0821. The summed E-state index contributed by atoms with van der Waals surface area (Å²) in [6.07, 6.45) is -0.112. The Labute approximate surface area is 71.4 Å². The van der Waals surface area contributed by atoms with E-state index in [1.165, 1.54) is 0 Å². The number of hydrogen-bond acceptors (Lipinski definition) is 1. The molecule has 5 heteroatoms. The predicted molar refractivity (Wildman–Crippen MR) is 43.3 cm³/mol. The predicted octanol–water partition coefficient (Wildman–Crippen LogP) is 2.19. The molecule has 0 aliphatic rings. The summed E-state index contributed by atoms with van der Waals surface area (Å²) in [7, 11) is 4.73. The smallest absolute Gasteiger partial charge is 0.249 e. The van der Waals surface area contributed by atoms with Gasteiger partial charge in [0.25, 0.3) is 5.92 Å². The molecule has 1 atom stereocenters. The third kappa shape index (κ3) is 3.40. The Bertz CT molecular complexity index is 121. The van der Waals surface area contributed by atoms with E-state index in [0.717, 1.165) is 0 Å². The van der Waals surface area contributed by atoms with Crippen LogP contribution in [0.25, 0.3) is 0 Å². The lowest BCUT2D eigenvalue weighted by Crippen LogP contribution is -2.42. The molecule has 0 aromatic heterocycles. The third-order valence-electron chi connectivity index (χ3n) is 1.43. The van der Waals surface area contributed by atoms with E-state index in [2.05, 4.69) is 12.6 Å². The molecule has 0 N–H and O–H groups in total. The van der Waals surface area contributed by atoms with E-state index in [4.69, 9.17) is 7.85 Å². The molecule has 0 aromatic carbocycles. The van der Waals surface area contributed by atoms with E-state index < -0.39 is 11.5 Å². The SMILES string of the molecule is [B]C(F)(CCCS)C(C)(F)F. The summed E-state index contributed by atoms with van der Waals surface area (Å²) < 4.78 is 37.4. The molecule has 0 spiro atoms. The van der Waals surface area contributed by atoms with Crippen LogP contribution in [0.4, 0.5) is 13.2 Å². The van der Waals surface area contributed by atoms with Gasteiger partial charge in [0.1, 0.15) is 13.4 Å². The van der Waals surface area contributed by atoms with Crippen LogP contribution < -0.4 is 0 Å². The van der Waals surface area contributed by atoms with Gasteiger partial charge in [-0.25, -0.2) is 13.2 Å². The molecule has 64 valence electrons. The van der Waals surface area contributed by atoms with E-state index in [9.17, 15) is 13.2 Å². The normalized spacial score (nSPS) is 17.9. The van der Waals surface area contributed by atoms with E-state index >= 15 is 0 Å². The molecule has 0 nitrogen and oxygen atoms in total. The van der Waals surface area contributed by atoms with Crippen molar-refractivity contribution in [3.63, 3.8) is 0 Å². The van der Waals surface area contributed by atoms with Crippen LogP contribution in [0.3, 0.4) is 0 Å². The fraction of sp³-hybridized carbons (Fsp3) is 1.00. The molecule has 0 saturated carbocycles. The zero-order chi connectivity index (χ0) is 9.12. The topological polar surface area (TPSA) is 0 Å². The first-order valence-electron chi connectivity index (χ1n) is 3.28. The summed E-state index contributed by atoms with van der Waals surface area (Å²) in [5.74, 6) is -3.12. The van der Waals surface area contributed by atoms with Crippen molar-refractivity contribution in [3.05, 3.63) is 0 Å². The third-order valence-corrected chi connectivity index (χ3v) is 1.74. The quantitative estimate of drug-likeness (QED) is 0.500. The van der Waals surface area contributed by atoms with Gasteiger partial charge in [0, 0.05) is 6.92 Å². The Morgan fingerprint density at radius 1 is 1.36 bits per heavy atom. The van der Waals surface area contributed by atoms with Crippen LogP contribution in [0.5, 0.6) is 0 Å². The van der Waals surface area contributed by atoms with Crippen molar-refractivity contribution < 1.29 is 13.2 Å². The molecule has 0 aliphatic heterocycles. The molecule has 2 radical (unpaired) electrons. The highest BCUT2D eigenvalue weighted by Crippen LogP contribution is 2.32. The fourth-order valence-electron chi connectivity index (χ4n) is 0.556. The lowest BCUT2D eigenvalue weighted by atomic mass is 9.75.